The van der Waals surface area contributed by atoms with Crippen LogP contribution in [0, 0.1) is 0 Å². The van der Waals surface area contributed by atoms with Crippen molar-refractivity contribution in [1.82, 2.24) is 20.5 Å². The van der Waals surface area contributed by atoms with Crippen LogP contribution in [0.2, 0.25) is 5.02 Å². The number of aromatic nitrogens is 3. The number of aromatic amines is 1. The summed E-state index contributed by atoms with van der Waals surface area (Å²) in [6.07, 6.45) is -4.27. The van der Waals surface area contributed by atoms with Gasteiger partial charge in [0.05, 0.1) is 10.6 Å². The lowest BCUT2D eigenvalue weighted by atomic mass is 10.1. The average molecular weight is 395 g/mol. The van der Waals surface area contributed by atoms with Gasteiger partial charge in [0.2, 0.25) is 0 Å². The van der Waals surface area contributed by atoms with Crippen LogP contribution in [0.3, 0.4) is 0 Å². The number of hydrogen-bond donors (Lipinski definition) is 2. The molecule has 0 fully saturated rings. The second-order valence-electron chi connectivity index (χ2n) is 5.67. The second-order valence-corrected chi connectivity index (χ2v) is 6.08. The molecule has 27 heavy (non-hydrogen) atoms. The summed E-state index contributed by atoms with van der Waals surface area (Å²) >= 11 is 5.55. The highest BCUT2D eigenvalue weighted by Gasteiger charge is 2.33. The van der Waals surface area contributed by atoms with Gasteiger partial charge in [-0.1, -0.05) is 41.9 Å². The number of carbonyl (C=O) groups excluding carboxylic acids is 1. The van der Waals surface area contributed by atoms with Gasteiger partial charge in [-0.25, -0.2) is 4.98 Å². The zero-order valence-electron chi connectivity index (χ0n) is 13.8. The molecule has 3 rings (SSSR count). The van der Waals surface area contributed by atoms with Gasteiger partial charge in [0.25, 0.3) is 5.91 Å². The van der Waals surface area contributed by atoms with E-state index < -0.39 is 22.7 Å². The van der Waals surface area contributed by atoms with Crippen molar-refractivity contribution in [3.8, 4) is 11.4 Å². The van der Waals surface area contributed by atoms with Crippen molar-refractivity contribution in [1.29, 1.82) is 0 Å². The minimum atomic E-state index is -4.62. The van der Waals surface area contributed by atoms with E-state index in [0.29, 0.717) is 18.1 Å². The highest BCUT2D eigenvalue weighted by Crippen LogP contribution is 2.35. The Kier molecular flexibility index (Phi) is 5.46. The van der Waals surface area contributed by atoms with E-state index in [0.717, 1.165) is 17.7 Å². The number of nitrogens with zero attached hydrogens (tertiary/aromatic N) is 2. The molecule has 0 spiro atoms. The number of halogens is 4. The first-order valence-electron chi connectivity index (χ1n) is 7.96. The zero-order valence-corrected chi connectivity index (χ0v) is 14.6. The molecule has 9 heteroatoms. The number of H-pyrrole nitrogens is 1. The molecule has 0 saturated carbocycles. The monoisotopic (exact) mass is 394 g/mol. The number of benzene rings is 2. The molecule has 0 radical (unpaired) electrons. The minimum Gasteiger partial charge on any atom is -0.352 e. The molecular weight excluding hydrogens is 381 g/mol. The van der Waals surface area contributed by atoms with Gasteiger partial charge < -0.3 is 5.32 Å². The van der Waals surface area contributed by atoms with Gasteiger partial charge in [0.15, 0.2) is 5.82 Å². The van der Waals surface area contributed by atoms with Crippen LogP contribution >= 0.6 is 11.6 Å². The Morgan fingerprint density at radius 3 is 2.59 bits per heavy atom. The number of nitrogens with one attached hydrogen (secondary N) is 2. The highest BCUT2D eigenvalue weighted by molar-refractivity contribution is 6.31. The summed E-state index contributed by atoms with van der Waals surface area (Å²) < 4.78 is 38.6. The van der Waals surface area contributed by atoms with Crippen LogP contribution in [-0.2, 0) is 12.6 Å². The first-order valence-corrected chi connectivity index (χ1v) is 8.34. The maximum Gasteiger partial charge on any atom is 0.417 e. The Labute approximate surface area is 157 Å². The topological polar surface area (TPSA) is 70.7 Å². The SMILES string of the molecule is O=C(NCCc1nc(-c2ccccc2)n[nH]1)c1ccc(Cl)c(C(F)(F)F)c1. The summed E-state index contributed by atoms with van der Waals surface area (Å²) in [6, 6.07) is 12.4. The molecule has 3 aromatic rings. The average Bonchev–Trinajstić information content (AvgIpc) is 3.10. The predicted molar refractivity (Wildman–Crippen MR) is 94.3 cm³/mol. The molecule has 0 aliphatic heterocycles. The van der Waals surface area contributed by atoms with E-state index in [1.165, 1.54) is 6.07 Å². The fourth-order valence-corrected chi connectivity index (χ4v) is 2.63. The summed E-state index contributed by atoms with van der Waals surface area (Å²) in [4.78, 5) is 16.4. The summed E-state index contributed by atoms with van der Waals surface area (Å²) in [5.41, 5.74) is -0.307. The van der Waals surface area contributed by atoms with Crippen LogP contribution in [0.1, 0.15) is 21.7 Å². The molecule has 0 bridgehead atoms. The Morgan fingerprint density at radius 2 is 1.89 bits per heavy atom. The number of carbonyl (C=O) groups is 1. The predicted octanol–water partition coefficient (Wildman–Crippen LogP) is 4.12. The quantitative estimate of drug-likeness (QED) is 0.684. The Balaban J connectivity index is 1.60. The van der Waals surface area contributed by atoms with Gasteiger partial charge in [0, 0.05) is 24.1 Å². The summed E-state index contributed by atoms with van der Waals surface area (Å²) in [6.45, 7) is 0.187. The molecule has 140 valence electrons. The van der Waals surface area contributed by atoms with Crippen LogP contribution in [0.15, 0.2) is 48.5 Å². The Hall–Kier alpha value is -2.87. The summed E-state index contributed by atoms with van der Waals surface area (Å²) in [7, 11) is 0. The second kappa shape index (κ2) is 7.79. The van der Waals surface area contributed by atoms with E-state index in [1.807, 2.05) is 30.3 Å². The molecule has 2 aromatic carbocycles. The molecule has 0 saturated heterocycles. The maximum atomic E-state index is 12.9. The lowest BCUT2D eigenvalue weighted by Crippen LogP contribution is -2.26. The zero-order chi connectivity index (χ0) is 19.4. The normalized spacial score (nSPS) is 11.4. The Morgan fingerprint density at radius 1 is 1.15 bits per heavy atom. The smallest absolute Gasteiger partial charge is 0.352 e. The molecule has 5 nitrogen and oxygen atoms in total. The van der Waals surface area contributed by atoms with Crippen LogP contribution in [0.5, 0.6) is 0 Å². The van der Waals surface area contributed by atoms with E-state index in [9.17, 15) is 18.0 Å². The standard InChI is InChI=1S/C18H14ClF3N4O/c19-14-7-6-12(10-13(14)18(20,21)22)17(27)23-9-8-15-24-16(26-25-15)11-4-2-1-3-5-11/h1-7,10H,8-9H2,(H,23,27)(H,24,25,26). The van der Waals surface area contributed by atoms with Crippen molar-refractivity contribution in [3.05, 3.63) is 70.5 Å². The molecule has 1 heterocycles. The molecular formula is C18H14ClF3N4O. The highest BCUT2D eigenvalue weighted by atomic mass is 35.5. The van der Waals surface area contributed by atoms with E-state index in [1.54, 1.807) is 0 Å². The Bertz CT molecular complexity index is 941. The molecule has 0 aliphatic rings. The van der Waals surface area contributed by atoms with Crippen LogP contribution in [0.25, 0.3) is 11.4 Å². The largest absolute Gasteiger partial charge is 0.417 e. The number of alkyl halides is 3. The lowest BCUT2D eigenvalue weighted by Gasteiger charge is -2.11. The third-order valence-corrected chi connectivity index (χ3v) is 4.07. The van der Waals surface area contributed by atoms with Gasteiger partial charge in [0.1, 0.15) is 5.82 Å². The van der Waals surface area contributed by atoms with Crippen molar-refractivity contribution in [2.45, 2.75) is 12.6 Å². The van der Waals surface area contributed by atoms with Crippen molar-refractivity contribution >= 4 is 17.5 Å². The van der Waals surface area contributed by atoms with E-state index in [-0.39, 0.29) is 12.1 Å². The molecule has 0 unspecified atom stereocenters. The van der Waals surface area contributed by atoms with Crippen LogP contribution in [-0.4, -0.2) is 27.6 Å². The maximum absolute atomic E-state index is 12.9. The van der Waals surface area contributed by atoms with Crippen LogP contribution in [0.4, 0.5) is 13.2 Å². The minimum absolute atomic E-state index is 0.116. The molecule has 0 atom stereocenters. The number of amides is 1. The van der Waals surface area contributed by atoms with Gasteiger partial charge in [-0.15, -0.1) is 0 Å². The fraction of sp³-hybridized carbons (Fsp3) is 0.167. The third-order valence-electron chi connectivity index (χ3n) is 3.75. The first kappa shape index (κ1) is 18.9. The van der Waals surface area contributed by atoms with Gasteiger partial charge >= 0.3 is 6.18 Å². The summed E-state index contributed by atoms with van der Waals surface area (Å²) in [5.74, 6) is 0.464. The van der Waals surface area contributed by atoms with Crippen molar-refractivity contribution in [2.24, 2.45) is 0 Å². The molecule has 2 N–H and O–H groups in total. The third kappa shape index (κ3) is 4.65. The fourth-order valence-electron chi connectivity index (χ4n) is 2.40. The van der Waals surface area contributed by atoms with Gasteiger partial charge in [-0.3, -0.25) is 9.89 Å². The number of hydrogen-bond acceptors (Lipinski definition) is 3. The molecule has 1 aromatic heterocycles. The lowest BCUT2D eigenvalue weighted by molar-refractivity contribution is -0.137. The first-order chi connectivity index (χ1) is 12.8. The molecule has 0 aliphatic carbocycles. The number of rotatable bonds is 5. The van der Waals surface area contributed by atoms with Crippen molar-refractivity contribution < 1.29 is 18.0 Å². The van der Waals surface area contributed by atoms with E-state index in [2.05, 4.69) is 20.5 Å². The molecule has 1 amide bonds. The van der Waals surface area contributed by atoms with Crippen LogP contribution < -0.4 is 5.32 Å². The summed E-state index contributed by atoms with van der Waals surface area (Å²) in [5, 5.41) is 8.99. The van der Waals surface area contributed by atoms with Crippen molar-refractivity contribution in [3.63, 3.8) is 0 Å². The van der Waals surface area contributed by atoms with E-state index >= 15 is 0 Å². The van der Waals surface area contributed by atoms with E-state index in [4.69, 9.17) is 11.6 Å². The van der Waals surface area contributed by atoms with Crippen molar-refractivity contribution in [2.75, 3.05) is 6.54 Å². The van der Waals surface area contributed by atoms with Gasteiger partial charge in [-0.2, -0.15) is 18.3 Å². The van der Waals surface area contributed by atoms with Gasteiger partial charge in [-0.05, 0) is 18.2 Å².